The number of hydrogen-bond acceptors (Lipinski definition) is 2. The molecule has 0 bridgehead atoms. The highest BCUT2D eigenvalue weighted by Crippen LogP contribution is 2.31. The van der Waals surface area contributed by atoms with Gasteiger partial charge in [0.15, 0.2) is 5.78 Å². The van der Waals surface area contributed by atoms with Gasteiger partial charge in [0.05, 0.1) is 12.5 Å². The molecule has 2 heteroatoms. The molecule has 13 heavy (non-hydrogen) atoms. The number of hydrogen-bond donors (Lipinski definition) is 0. The molecule has 0 aliphatic heterocycles. The van der Waals surface area contributed by atoms with Crippen LogP contribution in [0, 0.1) is 0 Å². The fraction of sp³-hybridized carbons (Fsp3) is 0.364. The molecule has 2 nitrogen and oxygen atoms in total. The van der Waals surface area contributed by atoms with Gasteiger partial charge in [0.25, 0.3) is 0 Å². The lowest BCUT2D eigenvalue weighted by molar-refractivity contribution is -0.115. The largest absolute Gasteiger partial charge is 0.472 e. The van der Waals surface area contributed by atoms with Crippen LogP contribution in [0.25, 0.3) is 0 Å². The second kappa shape index (κ2) is 3.21. The molecule has 0 spiro atoms. The van der Waals surface area contributed by atoms with Gasteiger partial charge >= 0.3 is 0 Å². The van der Waals surface area contributed by atoms with Crippen molar-refractivity contribution in [1.82, 2.24) is 0 Å². The topological polar surface area (TPSA) is 30.2 Å². The minimum atomic E-state index is 0.231. The van der Waals surface area contributed by atoms with Crippen LogP contribution in [-0.2, 0) is 4.79 Å². The Morgan fingerprint density at radius 2 is 2.31 bits per heavy atom. The van der Waals surface area contributed by atoms with Crippen molar-refractivity contribution in [2.24, 2.45) is 0 Å². The van der Waals surface area contributed by atoms with E-state index in [4.69, 9.17) is 4.42 Å². The standard InChI is InChI=1S/C11H12O2/c1-8-4-10(6-11(12)5-8)9-2-3-13-7-9/h2-3,5,7,10H,4,6H2,1H3. The van der Waals surface area contributed by atoms with Crippen LogP contribution >= 0.6 is 0 Å². The summed E-state index contributed by atoms with van der Waals surface area (Å²) in [6, 6.07) is 1.94. The first-order valence-electron chi connectivity index (χ1n) is 4.48. The molecule has 68 valence electrons. The summed E-state index contributed by atoms with van der Waals surface area (Å²) in [4.78, 5) is 11.3. The van der Waals surface area contributed by atoms with Crippen molar-refractivity contribution < 1.29 is 9.21 Å². The van der Waals surface area contributed by atoms with E-state index < -0.39 is 0 Å². The first-order chi connectivity index (χ1) is 6.25. The lowest BCUT2D eigenvalue weighted by Gasteiger charge is -2.18. The van der Waals surface area contributed by atoms with E-state index in [-0.39, 0.29) is 5.78 Å². The van der Waals surface area contributed by atoms with E-state index in [1.54, 1.807) is 18.6 Å². The molecule has 1 unspecified atom stereocenters. The van der Waals surface area contributed by atoms with Crippen LogP contribution in [0.3, 0.4) is 0 Å². The van der Waals surface area contributed by atoms with E-state index in [0.29, 0.717) is 12.3 Å². The summed E-state index contributed by atoms with van der Waals surface area (Å²) in [7, 11) is 0. The maximum atomic E-state index is 11.3. The molecule has 2 rings (SSSR count). The zero-order chi connectivity index (χ0) is 9.26. The summed E-state index contributed by atoms with van der Waals surface area (Å²) >= 11 is 0. The van der Waals surface area contributed by atoms with Gasteiger partial charge in [0, 0.05) is 6.42 Å². The third kappa shape index (κ3) is 1.72. The van der Waals surface area contributed by atoms with Crippen LogP contribution < -0.4 is 0 Å². The number of carbonyl (C=O) groups excluding carboxylic acids is 1. The second-order valence-electron chi connectivity index (χ2n) is 3.62. The Hall–Kier alpha value is -1.31. The molecule has 1 aliphatic rings. The van der Waals surface area contributed by atoms with Gasteiger partial charge in [-0.2, -0.15) is 0 Å². The van der Waals surface area contributed by atoms with Crippen molar-refractivity contribution in [2.45, 2.75) is 25.7 Å². The summed E-state index contributed by atoms with van der Waals surface area (Å²) in [5, 5.41) is 0. The Balaban J connectivity index is 2.20. The molecule has 0 fully saturated rings. The molecule has 0 amide bonds. The Kier molecular flexibility index (Phi) is 2.05. The average molecular weight is 176 g/mol. The Labute approximate surface area is 77.2 Å². The van der Waals surface area contributed by atoms with Crippen molar-refractivity contribution in [3.05, 3.63) is 35.8 Å². The summed E-state index contributed by atoms with van der Waals surface area (Å²) in [5.74, 6) is 0.561. The van der Waals surface area contributed by atoms with E-state index in [9.17, 15) is 4.79 Å². The predicted molar refractivity (Wildman–Crippen MR) is 49.4 cm³/mol. The lowest BCUT2D eigenvalue weighted by Crippen LogP contribution is -2.10. The van der Waals surface area contributed by atoms with Gasteiger partial charge in [-0.3, -0.25) is 4.79 Å². The van der Waals surface area contributed by atoms with Gasteiger partial charge in [-0.05, 0) is 37.0 Å². The summed E-state index contributed by atoms with van der Waals surface area (Å²) in [6.07, 6.45) is 6.74. The highest BCUT2D eigenvalue weighted by molar-refractivity contribution is 5.91. The summed E-state index contributed by atoms with van der Waals surface area (Å²) in [5.41, 5.74) is 2.31. The maximum absolute atomic E-state index is 11.3. The minimum Gasteiger partial charge on any atom is -0.472 e. The quantitative estimate of drug-likeness (QED) is 0.658. The van der Waals surface area contributed by atoms with E-state index in [1.165, 1.54) is 5.57 Å². The molecule has 1 aromatic heterocycles. The fourth-order valence-corrected chi connectivity index (χ4v) is 1.84. The van der Waals surface area contributed by atoms with Crippen LogP contribution in [0.5, 0.6) is 0 Å². The second-order valence-corrected chi connectivity index (χ2v) is 3.62. The Morgan fingerprint density at radius 1 is 1.46 bits per heavy atom. The van der Waals surface area contributed by atoms with Gasteiger partial charge in [0.1, 0.15) is 0 Å². The van der Waals surface area contributed by atoms with Crippen LogP contribution in [-0.4, -0.2) is 5.78 Å². The zero-order valence-corrected chi connectivity index (χ0v) is 7.62. The Bertz CT molecular complexity index is 333. The molecule has 0 aromatic carbocycles. The van der Waals surface area contributed by atoms with Crippen LogP contribution in [0.4, 0.5) is 0 Å². The van der Waals surface area contributed by atoms with E-state index in [2.05, 4.69) is 0 Å². The smallest absolute Gasteiger partial charge is 0.156 e. The van der Waals surface area contributed by atoms with Gasteiger partial charge < -0.3 is 4.42 Å². The highest BCUT2D eigenvalue weighted by atomic mass is 16.3. The monoisotopic (exact) mass is 176 g/mol. The number of carbonyl (C=O) groups is 1. The first-order valence-corrected chi connectivity index (χ1v) is 4.48. The molecular weight excluding hydrogens is 164 g/mol. The van der Waals surface area contributed by atoms with Gasteiger partial charge in [-0.1, -0.05) is 5.57 Å². The third-order valence-corrected chi connectivity index (χ3v) is 2.44. The van der Waals surface area contributed by atoms with Gasteiger partial charge in [-0.25, -0.2) is 0 Å². The summed E-state index contributed by atoms with van der Waals surface area (Å²) in [6.45, 7) is 2.00. The fourth-order valence-electron chi connectivity index (χ4n) is 1.84. The zero-order valence-electron chi connectivity index (χ0n) is 7.62. The van der Waals surface area contributed by atoms with Crippen molar-refractivity contribution in [1.29, 1.82) is 0 Å². The van der Waals surface area contributed by atoms with Crippen LogP contribution in [0.1, 0.15) is 31.2 Å². The molecule has 1 aromatic rings. The van der Waals surface area contributed by atoms with E-state index in [0.717, 1.165) is 12.0 Å². The van der Waals surface area contributed by atoms with Crippen LogP contribution in [0.15, 0.2) is 34.7 Å². The van der Waals surface area contributed by atoms with Crippen LogP contribution in [0.2, 0.25) is 0 Å². The molecule has 0 N–H and O–H groups in total. The van der Waals surface area contributed by atoms with Gasteiger partial charge in [-0.15, -0.1) is 0 Å². The number of rotatable bonds is 1. The van der Waals surface area contributed by atoms with Gasteiger partial charge in [0.2, 0.25) is 0 Å². The molecular formula is C11H12O2. The van der Waals surface area contributed by atoms with Crippen molar-refractivity contribution in [3.63, 3.8) is 0 Å². The molecule has 1 heterocycles. The normalized spacial score (nSPS) is 23.0. The van der Waals surface area contributed by atoms with Crippen molar-refractivity contribution >= 4 is 5.78 Å². The maximum Gasteiger partial charge on any atom is 0.156 e. The molecule has 0 saturated heterocycles. The number of allylic oxidation sites excluding steroid dienone is 2. The molecule has 0 saturated carbocycles. The van der Waals surface area contributed by atoms with Crippen molar-refractivity contribution in [2.75, 3.05) is 0 Å². The average Bonchev–Trinajstić information content (AvgIpc) is 2.53. The third-order valence-electron chi connectivity index (χ3n) is 2.44. The highest BCUT2D eigenvalue weighted by Gasteiger charge is 2.20. The Morgan fingerprint density at radius 3 is 2.92 bits per heavy atom. The van der Waals surface area contributed by atoms with E-state index in [1.807, 2.05) is 13.0 Å². The lowest BCUT2D eigenvalue weighted by atomic mass is 9.85. The first kappa shape index (κ1) is 8.30. The van der Waals surface area contributed by atoms with Crippen molar-refractivity contribution in [3.8, 4) is 0 Å². The number of furan rings is 1. The minimum absolute atomic E-state index is 0.231. The SMILES string of the molecule is CC1=CC(=O)CC(c2ccoc2)C1. The number of ketones is 1. The molecule has 1 aliphatic carbocycles. The summed E-state index contributed by atoms with van der Waals surface area (Å²) < 4.78 is 5.01. The molecule has 1 atom stereocenters. The van der Waals surface area contributed by atoms with E-state index >= 15 is 0 Å². The predicted octanol–water partition coefficient (Wildman–Crippen LogP) is 2.67. The molecule has 0 radical (unpaired) electrons.